The third-order valence-electron chi connectivity index (χ3n) is 7.61. The highest BCUT2D eigenvalue weighted by Crippen LogP contribution is 2.30. The molecule has 4 aromatic carbocycles. The summed E-state index contributed by atoms with van der Waals surface area (Å²) in [5.41, 5.74) is 5.16. The largest absolute Gasteiger partial charge is 0.445 e. The number of hydrogen-bond donors (Lipinski definition) is 1. The maximum Gasteiger partial charge on any atom is 0.411 e. The van der Waals surface area contributed by atoms with E-state index in [-0.39, 0.29) is 24.6 Å². The number of anilines is 1. The van der Waals surface area contributed by atoms with Crippen LogP contribution in [0.3, 0.4) is 0 Å². The molecule has 42 heavy (non-hydrogen) atoms. The third-order valence-corrected chi connectivity index (χ3v) is 7.61. The number of benzene rings is 4. The molecular weight excluding hydrogens is 524 g/mol. The molecule has 2 amide bonds. The van der Waals surface area contributed by atoms with Crippen molar-refractivity contribution in [2.24, 2.45) is 0 Å². The fourth-order valence-corrected chi connectivity index (χ4v) is 5.47. The number of hydrogen-bond acceptors (Lipinski definition) is 5. The van der Waals surface area contributed by atoms with E-state index < -0.39 is 12.1 Å². The Bertz CT molecular complexity index is 1510. The normalized spacial score (nSPS) is 16.7. The zero-order chi connectivity index (χ0) is 29.5. The van der Waals surface area contributed by atoms with Gasteiger partial charge in [-0.25, -0.2) is 4.79 Å². The fraction of sp³-hybridized carbons (Fsp3) is 0.229. The molecule has 0 aromatic heterocycles. The van der Waals surface area contributed by atoms with Gasteiger partial charge in [0.25, 0.3) is 0 Å². The van der Waals surface area contributed by atoms with Crippen molar-refractivity contribution in [1.82, 2.24) is 9.80 Å². The molecule has 0 saturated carbocycles. The minimum Gasteiger partial charge on any atom is -0.445 e. The van der Waals surface area contributed by atoms with Crippen molar-refractivity contribution in [3.8, 4) is 6.07 Å². The van der Waals surface area contributed by atoms with Crippen LogP contribution in [-0.2, 0) is 22.7 Å². The number of amides is 2. The fourth-order valence-electron chi connectivity index (χ4n) is 5.47. The van der Waals surface area contributed by atoms with Crippen LogP contribution in [0, 0.1) is 11.3 Å². The van der Waals surface area contributed by atoms with Gasteiger partial charge in [0.1, 0.15) is 18.7 Å². The van der Waals surface area contributed by atoms with E-state index in [1.165, 1.54) is 4.90 Å². The molecular formula is C35H34N4O3. The molecule has 0 unspecified atom stereocenters. The summed E-state index contributed by atoms with van der Waals surface area (Å²) < 4.78 is 5.54. The summed E-state index contributed by atoms with van der Waals surface area (Å²) in [6.45, 7) is 4.56. The molecule has 1 heterocycles. The van der Waals surface area contributed by atoms with Gasteiger partial charge >= 0.3 is 6.09 Å². The Hall–Kier alpha value is -5.09. The van der Waals surface area contributed by atoms with Gasteiger partial charge in [0.05, 0.1) is 23.3 Å². The standard InChI is InChI=1S/C35H34N4O3/c1-25-22-38(34(40)26(2)39(25)35(41)42-24-27-12-6-3-7-13-27)23-28-18-19-31(21-36)32(20-28)37-33(29-14-8-4-9-15-29)30-16-10-5-11-17-30/h3-20,25-26,33,37H,22-24H2,1-2H3/t25-,26-/m0/s1. The van der Waals surface area contributed by atoms with Crippen LogP contribution in [0.15, 0.2) is 109 Å². The molecule has 4 aromatic rings. The lowest BCUT2D eigenvalue weighted by molar-refractivity contribution is -0.143. The Balaban J connectivity index is 1.32. The maximum atomic E-state index is 13.4. The number of piperazine rings is 1. The van der Waals surface area contributed by atoms with Gasteiger partial charge in [-0.3, -0.25) is 9.69 Å². The van der Waals surface area contributed by atoms with E-state index in [2.05, 4.69) is 35.7 Å². The summed E-state index contributed by atoms with van der Waals surface area (Å²) in [6.07, 6.45) is -0.496. The average molecular weight is 559 g/mol. The Morgan fingerprint density at radius 2 is 1.50 bits per heavy atom. The first-order chi connectivity index (χ1) is 20.4. The van der Waals surface area contributed by atoms with E-state index in [1.54, 1.807) is 17.9 Å². The minimum atomic E-state index is -0.659. The monoisotopic (exact) mass is 558 g/mol. The van der Waals surface area contributed by atoms with Crippen LogP contribution in [0.2, 0.25) is 0 Å². The molecule has 2 atom stereocenters. The second-order valence-corrected chi connectivity index (χ2v) is 10.6. The molecule has 212 valence electrons. The predicted molar refractivity (Wildman–Crippen MR) is 162 cm³/mol. The Morgan fingerprint density at radius 1 is 0.905 bits per heavy atom. The molecule has 1 aliphatic heterocycles. The third kappa shape index (κ3) is 6.45. The predicted octanol–water partition coefficient (Wildman–Crippen LogP) is 6.52. The van der Waals surface area contributed by atoms with Crippen LogP contribution in [0.4, 0.5) is 10.5 Å². The van der Waals surface area contributed by atoms with Crippen molar-refractivity contribution < 1.29 is 14.3 Å². The van der Waals surface area contributed by atoms with Crippen LogP contribution < -0.4 is 5.32 Å². The average Bonchev–Trinajstić information content (AvgIpc) is 3.03. The quantitative estimate of drug-likeness (QED) is 0.266. The molecule has 1 N–H and O–H groups in total. The molecule has 7 heteroatoms. The minimum absolute atomic E-state index is 0.143. The summed E-state index contributed by atoms with van der Waals surface area (Å²) in [7, 11) is 0. The van der Waals surface area contributed by atoms with Gasteiger partial charge in [0, 0.05) is 13.1 Å². The topological polar surface area (TPSA) is 85.7 Å². The van der Waals surface area contributed by atoms with Crippen LogP contribution >= 0.6 is 0 Å². The molecule has 0 radical (unpaired) electrons. The van der Waals surface area contributed by atoms with Crippen molar-refractivity contribution in [3.05, 3.63) is 137 Å². The highest BCUT2D eigenvalue weighted by atomic mass is 16.6. The van der Waals surface area contributed by atoms with Gasteiger partial charge in [-0.05, 0) is 48.2 Å². The van der Waals surface area contributed by atoms with Crippen molar-refractivity contribution >= 4 is 17.7 Å². The Labute approximate surface area is 247 Å². The summed E-state index contributed by atoms with van der Waals surface area (Å²) in [4.78, 5) is 29.7. The summed E-state index contributed by atoms with van der Waals surface area (Å²) in [5, 5.41) is 13.5. The van der Waals surface area contributed by atoms with E-state index in [4.69, 9.17) is 4.74 Å². The van der Waals surface area contributed by atoms with E-state index >= 15 is 0 Å². The number of nitrogens with one attached hydrogen (secondary N) is 1. The SMILES string of the molecule is C[C@H]1CN(Cc2ccc(C#N)c(NC(c3ccccc3)c3ccccc3)c2)C(=O)[C@H](C)N1C(=O)OCc1ccccc1. The lowest BCUT2D eigenvalue weighted by atomic mass is 9.97. The van der Waals surface area contributed by atoms with E-state index in [0.717, 1.165) is 22.3 Å². The summed E-state index contributed by atoms with van der Waals surface area (Å²) >= 11 is 0. The highest BCUT2D eigenvalue weighted by Gasteiger charge is 2.39. The summed E-state index contributed by atoms with van der Waals surface area (Å²) in [5.74, 6) is -0.143. The second kappa shape index (κ2) is 13.0. The molecule has 1 aliphatic rings. The molecule has 1 saturated heterocycles. The van der Waals surface area contributed by atoms with Crippen LogP contribution in [-0.4, -0.2) is 40.4 Å². The number of nitriles is 1. The van der Waals surface area contributed by atoms with Crippen molar-refractivity contribution in [1.29, 1.82) is 5.26 Å². The van der Waals surface area contributed by atoms with Gasteiger partial charge in [-0.2, -0.15) is 5.26 Å². The van der Waals surface area contributed by atoms with E-state index in [9.17, 15) is 14.9 Å². The lowest BCUT2D eigenvalue weighted by Crippen LogP contribution is -2.61. The molecule has 0 aliphatic carbocycles. The highest BCUT2D eigenvalue weighted by molar-refractivity contribution is 5.87. The van der Waals surface area contributed by atoms with Crippen LogP contribution in [0.1, 0.15) is 47.7 Å². The van der Waals surface area contributed by atoms with E-state index in [1.807, 2.05) is 85.8 Å². The van der Waals surface area contributed by atoms with Gasteiger partial charge < -0.3 is 15.0 Å². The number of ether oxygens (including phenoxy) is 1. The van der Waals surface area contributed by atoms with Crippen molar-refractivity contribution in [2.45, 2.75) is 45.1 Å². The first kappa shape index (κ1) is 28.4. The first-order valence-electron chi connectivity index (χ1n) is 14.1. The summed E-state index contributed by atoms with van der Waals surface area (Å²) in [6, 6.07) is 36.6. The Morgan fingerprint density at radius 3 is 2.10 bits per heavy atom. The maximum absolute atomic E-state index is 13.4. The number of nitrogens with zero attached hydrogens (tertiary/aromatic N) is 3. The smallest absolute Gasteiger partial charge is 0.411 e. The number of carbonyl (C=O) groups is 2. The second-order valence-electron chi connectivity index (χ2n) is 10.6. The van der Waals surface area contributed by atoms with Crippen LogP contribution in [0.25, 0.3) is 0 Å². The van der Waals surface area contributed by atoms with Crippen molar-refractivity contribution in [2.75, 3.05) is 11.9 Å². The van der Waals surface area contributed by atoms with Crippen molar-refractivity contribution in [3.63, 3.8) is 0 Å². The number of carbonyl (C=O) groups excluding carboxylic acids is 2. The van der Waals surface area contributed by atoms with Gasteiger partial charge in [0.15, 0.2) is 0 Å². The molecule has 0 spiro atoms. The molecule has 1 fully saturated rings. The molecule has 5 rings (SSSR count). The molecule has 7 nitrogen and oxygen atoms in total. The van der Waals surface area contributed by atoms with Crippen LogP contribution in [0.5, 0.6) is 0 Å². The lowest BCUT2D eigenvalue weighted by Gasteiger charge is -2.43. The van der Waals surface area contributed by atoms with E-state index in [0.29, 0.717) is 24.3 Å². The zero-order valence-corrected chi connectivity index (χ0v) is 23.8. The van der Waals surface area contributed by atoms with Gasteiger partial charge in [-0.1, -0.05) is 97.1 Å². The molecule has 0 bridgehead atoms. The zero-order valence-electron chi connectivity index (χ0n) is 23.8. The number of rotatable bonds is 8. The van der Waals surface area contributed by atoms with Gasteiger partial charge in [0.2, 0.25) is 5.91 Å². The Kier molecular flexibility index (Phi) is 8.84. The van der Waals surface area contributed by atoms with Gasteiger partial charge in [-0.15, -0.1) is 0 Å². The first-order valence-corrected chi connectivity index (χ1v) is 14.1.